The molecule has 26 heavy (non-hydrogen) atoms. The Morgan fingerprint density at radius 2 is 1.96 bits per heavy atom. The van der Waals surface area contributed by atoms with Crippen LogP contribution in [0, 0.1) is 6.92 Å². The van der Waals surface area contributed by atoms with Gasteiger partial charge >= 0.3 is 0 Å². The molecule has 1 amide bonds. The van der Waals surface area contributed by atoms with Crippen LogP contribution in [0.25, 0.3) is 0 Å². The molecule has 1 heterocycles. The first kappa shape index (κ1) is 19.7. The van der Waals surface area contributed by atoms with E-state index in [0.29, 0.717) is 42.1 Å². The summed E-state index contributed by atoms with van der Waals surface area (Å²) in [6.07, 6.45) is 0. The summed E-state index contributed by atoms with van der Waals surface area (Å²) in [5, 5.41) is 6.65. The van der Waals surface area contributed by atoms with Crippen LogP contribution >= 0.6 is 0 Å². The maximum Gasteiger partial charge on any atom is 0.243 e. The highest BCUT2D eigenvalue weighted by Crippen LogP contribution is 2.30. The maximum atomic E-state index is 12.4. The number of ether oxygens (including phenoxy) is 2. The second-order valence-electron chi connectivity index (χ2n) is 5.85. The number of aryl methyl sites for hydroxylation is 1. The van der Waals surface area contributed by atoms with Gasteiger partial charge in [0, 0.05) is 11.8 Å². The Morgan fingerprint density at radius 3 is 2.58 bits per heavy atom. The summed E-state index contributed by atoms with van der Waals surface area (Å²) in [5.74, 6) is 2.17. The van der Waals surface area contributed by atoms with Gasteiger partial charge in [-0.25, -0.2) is 0 Å². The third kappa shape index (κ3) is 5.19. The van der Waals surface area contributed by atoms with Crippen LogP contribution in [0.2, 0.25) is 0 Å². The molecule has 0 saturated heterocycles. The minimum Gasteiger partial charge on any atom is -0.490 e. The van der Waals surface area contributed by atoms with Crippen LogP contribution in [0.4, 0.5) is 5.69 Å². The molecule has 1 aromatic carbocycles. The van der Waals surface area contributed by atoms with E-state index in [9.17, 15) is 4.79 Å². The third-order valence-corrected chi connectivity index (χ3v) is 3.78. The number of hydrogen-bond donors (Lipinski definition) is 1. The van der Waals surface area contributed by atoms with Crippen molar-refractivity contribution < 1.29 is 18.8 Å². The summed E-state index contributed by atoms with van der Waals surface area (Å²) in [7, 11) is 1.83. The number of hydrogen-bond acceptors (Lipinski definition) is 7. The number of carbonyl (C=O) groups excluding carboxylic acids is 1. The van der Waals surface area contributed by atoms with E-state index in [1.807, 2.05) is 32.7 Å². The van der Waals surface area contributed by atoms with Crippen molar-refractivity contribution >= 4 is 11.6 Å². The van der Waals surface area contributed by atoms with Gasteiger partial charge in [0.15, 0.2) is 17.3 Å². The van der Waals surface area contributed by atoms with Gasteiger partial charge in [-0.1, -0.05) is 5.16 Å². The van der Waals surface area contributed by atoms with Crippen molar-refractivity contribution in [3.63, 3.8) is 0 Å². The molecule has 2 rings (SSSR count). The van der Waals surface area contributed by atoms with Gasteiger partial charge in [-0.05, 0) is 46.9 Å². The fourth-order valence-electron chi connectivity index (χ4n) is 2.36. The predicted octanol–water partition coefficient (Wildman–Crippen LogP) is 2.81. The highest BCUT2D eigenvalue weighted by Gasteiger charge is 2.20. The molecule has 0 saturated carbocycles. The summed E-state index contributed by atoms with van der Waals surface area (Å²) < 4.78 is 16.3. The Balaban J connectivity index is 1.99. The monoisotopic (exact) mass is 362 g/mol. The zero-order valence-corrected chi connectivity index (χ0v) is 15.9. The Kier molecular flexibility index (Phi) is 6.97. The van der Waals surface area contributed by atoms with Crippen molar-refractivity contribution in [2.75, 3.05) is 32.1 Å². The lowest BCUT2D eigenvalue weighted by Crippen LogP contribution is -2.32. The third-order valence-electron chi connectivity index (χ3n) is 3.78. The Hall–Kier alpha value is -2.61. The molecule has 0 fully saturated rings. The van der Waals surface area contributed by atoms with Crippen LogP contribution in [-0.4, -0.2) is 47.8 Å². The van der Waals surface area contributed by atoms with Crippen molar-refractivity contribution in [2.45, 2.75) is 33.7 Å². The van der Waals surface area contributed by atoms with Gasteiger partial charge in [0.05, 0.1) is 25.8 Å². The van der Waals surface area contributed by atoms with E-state index in [1.54, 1.807) is 25.1 Å². The zero-order valence-electron chi connectivity index (χ0n) is 15.9. The summed E-state index contributed by atoms with van der Waals surface area (Å²) in [6, 6.07) is 5.17. The first-order valence-electron chi connectivity index (χ1n) is 8.64. The number of likely N-dealkylation sites (N-methyl/N-ethyl adjacent to an activating group) is 1. The molecule has 1 N–H and O–H groups in total. The van der Waals surface area contributed by atoms with Gasteiger partial charge in [-0.3, -0.25) is 9.69 Å². The second kappa shape index (κ2) is 9.19. The molecule has 0 aliphatic heterocycles. The van der Waals surface area contributed by atoms with Gasteiger partial charge in [-0.15, -0.1) is 0 Å². The molecule has 2 aromatic rings. The topological polar surface area (TPSA) is 89.7 Å². The van der Waals surface area contributed by atoms with Gasteiger partial charge in [0.1, 0.15) is 0 Å². The highest BCUT2D eigenvalue weighted by molar-refractivity contribution is 5.92. The molecule has 8 nitrogen and oxygen atoms in total. The zero-order chi connectivity index (χ0) is 19.1. The lowest BCUT2D eigenvalue weighted by Gasteiger charge is -2.21. The molecule has 1 atom stereocenters. The lowest BCUT2D eigenvalue weighted by molar-refractivity contribution is -0.117. The molecular formula is C18H26N4O4. The average Bonchev–Trinajstić information content (AvgIpc) is 3.03. The van der Waals surface area contributed by atoms with Crippen LogP contribution in [0.1, 0.15) is 38.5 Å². The number of benzene rings is 1. The second-order valence-corrected chi connectivity index (χ2v) is 5.85. The first-order valence-corrected chi connectivity index (χ1v) is 8.64. The van der Waals surface area contributed by atoms with E-state index in [4.69, 9.17) is 14.0 Å². The fourth-order valence-corrected chi connectivity index (χ4v) is 2.36. The van der Waals surface area contributed by atoms with Gasteiger partial charge in [0.2, 0.25) is 11.8 Å². The summed E-state index contributed by atoms with van der Waals surface area (Å²) >= 11 is 0. The first-order chi connectivity index (χ1) is 12.4. The molecule has 0 aliphatic carbocycles. The van der Waals surface area contributed by atoms with Crippen molar-refractivity contribution in [2.24, 2.45) is 0 Å². The Bertz CT molecular complexity index is 732. The standard InChI is InChI=1S/C18H26N4O4/c1-6-24-15-9-8-14(10-16(15)25-7-2)20-17(23)11-22(5)12(3)18-19-13(4)21-26-18/h8-10,12H,6-7,11H2,1-5H3,(H,20,23)/t12-/m1/s1. The maximum absolute atomic E-state index is 12.4. The summed E-state index contributed by atoms with van der Waals surface area (Å²) in [6.45, 7) is 8.72. The van der Waals surface area contributed by atoms with E-state index in [0.717, 1.165) is 0 Å². The van der Waals surface area contributed by atoms with Crippen LogP contribution in [0.3, 0.4) is 0 Å². The summed E-state index contributed by atoms with van der Waals surface area (Å²) in [4.78, 5) is 18.4. The quantitative estimate of drug-likeness (QED) is 0.733. The van der Waals surface area contributed by atoms with E-state index in [2.05, 4.69) is 15.5 Å². The molecule has 8 heteroatoms. The Labute approximate surface area is 153 Å². The van der Waals surface area contributed by atoms with Crippen LogP contribution < -0.4 is 14.8 Å². The minimum absolute atomic E-state index is 0.151. The van der Waals surface area contributed by atoms with Crippen molar-refractivity contribution in [3.8, 4) is 11.5 Å². The molecule has 1 aromatic heterocycles. The molecule has 0 unspecified atom stereocenters. The van der Waals surface area contributed by atoms with E-state index >= 15 is 0 Å². The Morgan fingerprint density at radius 1 is 1.27 bits per heavy atom. The molecule has 0 spiro atoms. The number of anilines is 1. The van der Waals surface area contributed by atoms with Crippen molar-refractivity contribution in [3.05, 3.63) is 29.9 Å². The SMILES string of the molecule is CCOc1ccc(NC(=O)CN(C)[C@H](C)c2nc(C)no2)cc1OCC. The van der Waals surface area contributed by atoms with Crippen LogP contribution in [0.15, 0.2) is 22.7 Å². The molecule has 0 aliphatic rings. The van der Waals surface area contributed by atoms with Gasteiger partial charge in [0.25, 0.3) is 0 Å². The van der Waals surface area contributed by atoms with E-state index in [-0.39, 0.29) is 18.5 Å². The smallest absolute Gasteiger partial charge is 0.243 e. The normalized spacial score (nSPS) is 12.1. The molecule has 142 valence electrons. The molecule has 0 radical (unpaired) electrons. The minimum atomic E-state index is -0.165. The fraction of sp³-hybridized carbons (Fsp3) is 0.500. The number of rotatable bonds is 9. The van der Waals surface area contributed by atoms with E-state index < -0.39 is 0 Å². The van der Waals surface area contributed by atoms with Crippen LogP contribution in [-0.2, 0) is 4.79 Å². The van der Waals surface area contributed by atoms with Gasteiger partial charge < -0.3 is 19.3 Å². The predicted molar refractivity (Wildman–Crippen MR) is 97.5 cm³/mol. The van der Waals surface area contributed by atoms with Crippen molar-refractivity contribution in [1.82, 2.24) is 15.0 Å². The number of amides is 1. The van der Waals surface area contributed by atoms with Gasteiger partial charge in [-0.2, -0.15) is 4.98 Å². The molecular weight excluding hydrogens is 336 g/mol. The van der Waals surface area contributed by atoms with Crippen molar-refractivity contribution in [1.29, 1.82) is 0 Å². The lowest BCUT2D eigenvalue weighted by atomic mass is 10.2. The number of nitrogens with zero attached hydrogens (tertiary/aromatic N) is 3. The van der Waals surface area contributed by atoms with Crippen LogP contribution in [0.5, 0.6) is 11.5 Å². The highest BCUT2D eigenvalue weighted by atomic mass is 16.5. The van der Waals surface area contributed by atoms with E-state index in [1.165, 1.54) is 0 Å². The summed E-state index contributed by atoms with van der Waals surface area (Å²) in [5.41, 5.74) is 0.650. The number of nitrogens with one attached hydrogen (secondary N) is 1. The molecule has 0 bridgehead atoms. The average molecular weight is 362 g/mol. The number of carbonyl (C=O) groups is 1. The largest absolute Gasteiger partial charge is 0.490 e. The number of aromatic nitrogens is 2.